The second kappa shape index (κ2) is 4.59. The highest BCUT2D eigenvalue weighted by Gasteiger charge is 2.86. The minimum Gasteiger partial charge on any atom is -0.392 e. The lowest BCUT2D eigenvalue weighted by molar-refractivity contribution is -0.230. The summed E-state index contributed by atoms with van der Waals surface area (Å²) in [5, 5.41) is 33.1. The molecule has 144 valence electrons. The average Bonchev–Trinajstić information content (AvgIpc) is 3.32. The fraction of sp³-hybridized carbons (Fsp3) is 0.900. The number of ether oxygens (including phenoxy) is 1. The van der Waals surface area contributed by atoms with Crippen molar-refractivity contribution in [3.8, 4) is 0 Å². The van der Waals surface area contributed by atoms with E-state index < -0.39 is 46.6 Å². The number of Topliss-reactive ketones (excluding diaryl/α,β-unsaturated/α-hetero) is 2. The lowest BCUT2D eigenvalue weighted by Crippen LogP contribution is -2.71. The van der Waals surface area contributed by atoms with Crippen molar-refractivity contribution in [1.82, 2.24) is 0 Å². The molecule has 2 bridgehead atoms. The van der Waals surface area contributed by atoms with E-state index in [0.717, 1.165) is 19.3 Å². The Morgan fingerprint density at radius 3 is 2.35 bits per heavy atom. The van der Waals surface area contributed by atoms with E-state index in [2.05, 4.69) is 13.8 Å². The van der Waals surface area contributed by atoms with Crippen molar-refractivity contribution in [2.75, 3.05) is 6.61 Å². The summed E-state index contributed by atoms with van der Waals surface area (Å²) < 4.78 is 5.44. The van der Waals surface area contributed by atoms with E-state index in [1.807, 2.05) is 6.92 Å². The maximum atomic E-state index is 13.5. The zero-order valence-electron chi connectivity index (χ0n) is 15.6. The van der Waals surface area contributed by atoms with Gasteiger partial charge in [0.25, 0.3) is 0 Å². The van der Waals surface area contributed by atoms with E-state index in [1.165, 1.54) is 0 Å². The van der Waals surface area contributed by atoms with Gasteiger partial charge < -0.3 is 20.1 Å². The van der Waals surface area contributed by atoms with Crippen molar-refractivity contribution in [2.45, 2.75) is 70.4 Å². The number of rotatable bonds is 0. The molecule has 1 aliphatic heterocycles. The quantitative estimate of drug-likeness (QED) is 0.539. The first-order valence-electron chi connectivity index (χ1n) is 9.82. The van der Waals surface area contributed by atoms with Crippen LogP contribution in [0.3, 0.4) is 0 Å². The van der Waals surface area contributed by atoms with Crippen LogP contribution in [0.25, 0.3) is 0 Å². The largest absolute Gasteiger partial charge is 0.392 e. The molecule has 9 atom stereocenters. The van der Waals surface area contributed by atoms with Crippen LogP contribution < -0.4 is 0 Å². The molecule has 5 aliphatic rings. The first-order chi connectivity index (χ1) is 12.0. The third kappa shape index (κ3) is 1.54. The molecule has 4 saturated carbocycles. The second-order valence-electron chi connectivity index (χ2n) is 10.3. The van der Waals surface area contributed by atoms with Gasteiger partial charge in [-0.2, -0.15) is 0 Å². The predicted molar refractivity (Wildman–Crippen MR) is 90.0 cm³/mol. The monoisotopic (exact) mass is 364 g/mol. The summed E-state index contributed by atoms with van der Waals surface area (Å²) in [6.45, 7) is 6.46. The van der Waals surface area contributed by atoms with Crippen LogP contribution in [-0.4, -0.2) is 57.4 Å². The maximum Gasteiger partial charge on any atom is 0.179 e. The van der Waals surface area contributed by atoms with Gasteiger partial charge in [-0.25, -0.2) is 0 Å². The Morgan fingerprint density at radius 2 is 1.73 bits per heavy atom. The molecule has 5 fully saturated rings. The summed E-state index contributed by atoms with van der Waals surface area (Å²) in [5.41, 5.74) is -3.41. The Labute approximate surface area is 152 Å². The van der Waals surface area contributed by atoms with Crippen molar-refractivity contribution in [2.24, 2.45) is 34.0 Å². The van der Waals surface area contributed by atoms with Gasteiger partial charge in [0, 0.05) is 5.92 Å². The van der Waals surface area contributed by atoms with Crippen molar-refractivity contribution in [3.05, 3.63) is 0 Å². The van der Waals surface area contributed by atoms with Crippen molar-refractivity contribution >= 4 is 11.6 Å². The molecule has 6 heteroatoms. The number of epoxide rings is 1. The molecule has 1 saturated heterocycles. The van der Waals surface area contributed by atoms with Crippen molar-refractivity contribution < 1.29 is 29.6 Å². The third-order valence-electron chi connectivity index (χ3n) is 8.94. The SMILES string of the molecule is CC1(C)CCC[C@]2(C)[C@H]3C(=O)[C@H](O)[C@@H]4[C@@H](O)[C@]3(C(=O)C43CO3)[C@H](O)C[C@@H]12. The number of hydrogen-bond acceptors (Lipinski definition) is 6. The number of fused-ring (bicyclic) bond motifs is 4. The number of hydrogen-bond donors (Lipinski definition) is 3. The van der Waals surface area contributed by atoms with Crippen LogP contribution in [0, 0.1) is 34.0 Å². The summed E-state index contributed by atoms with van der Waals surface area (Å²) in [7, 11) is 0. The molecule has 5 rings (SSSR count). The van der Waals surface area contributed by atoms with Crippen LogP contribution in [0.1, 0.15) is 46.5 Å². The lowest BCUT2D eigenvalue weighted by Gasteiger charge is -2.64. The highest BCUT2D eigenvalue weighted by Crippen LogP contribution is 2.72. The topological polar surface area (TPSA) is 107 Å². The van der Waals surface area contributed by atoms with Gasteiger partial charge in [0.2, 0.25) is 0 Å². The molecule has 1 heterocycles. The fourth-order valence-corrected chi connectivity index (χ4v) is 7.85. The molecule has 0 aromatic heterocycles. The Hall–Kier alpha value is -0.820. The number of carbonyl (C=O) groups is 2. The van der Waals surface area contributed by atoms with Crippen LogP contribution >= 0.6 is 0 Å². The summed E-state index contributed by atoms with van der Waals surface area (Å²) in [6.07, 6.45) is -0.651. The van der Waals surface area contributed by atoms with E-state index in [9.17, 15) is 24.9 Å². The molecule has 3 N–H and O–H groups in total. The summed E-state index contributed by atoms with van der Waals surface area (Å²) >= 11 is 0. The number of aliphatic hydroxyl groups is 3. The standard InChI is InChI=1S/C20H28O6/c1-17(2)5-4-6-18(3)9(17)7-10(21)20-14(18)13(23)12(22)11(15(20)24)19(8-26-19)16(20)25/h9-12,14-15,21-22,24H,4-8H2,1-3H3/t9-,10+,11+,12+,14+,15+,18-,19?,20-/m0/s1. The molecular formula is C20H28O6. The number of carbonyl (C=O) groups excluding carboxylic acids is 2. The average molecular weight is 364 g/mol. The molecule has 0 aromatic carbocycles. The normalized spacial score (nSPS) is 59.9. The van der Waals surface area contributed by atoms with Crippen molar-refractivity contribution in [3.63, 3.8) is 0 Å². The lowest BCUT2D eigenvalue weighted by atomic mass is 9.39. The fourth-order valence-electron chi connectivity index (χ4n) is 7.85. The van der Waals surface area contributed by atoms with Crippen LogP contribution in [0.4, 0.5) is 0 Å². The molecule has 6 nitrogen and oxygen atoms in total. The predicted octanol–water partition coefficient (Wildman–Crippen LogP) is 0.459. The molecular weight excluding hydrogens is 336 g/mol. The zero-order valence-corrected chi connectivity index (χ0v) is 15.6. The van der Waals surface area contributed by atoms with E-state index in [-0.39, 0.29) is 29.5 Å². The highest BCUT2D eigenvalue weighted by molar-refractivity contribution is 6.07. The van der Waals surface area contributed by atoms with Gasteiger partial charge in [-0.3, -0.25) is 9.59 Å². The van der Waals surface area contributed by atoms with Gasteiger partial charge in [0.15, 0.2) is 17.2 Å². The first-order valence-corrected chi connectivity index (χ1v) is 9.82. The summed E-state index contributed by atoms with van der Waals surface area (Å²) in [6, 6.07) is 0. The molecule has 4 aliphatic carbocycles. The van der Waals surface area contributed by atoms with E-state index in [4.69, 9.17) is 4.74 Å². The van der Waals surface area contributed by atoms with Gasteiger partial charge in [0.1, 0.15) is 6.10 Å². The Kier molecular flexibility index (Phi) is 3.05. The summed E-state index contributed by atoms with van der Waals surface area (Å²) in [4.78, 5) is 26.9. The molecule has 1 unspecified atom stereocenters. The van der Waals surface area contributed by atoms with Crippen LogP contribution in [0.5, 0.6) is 0 Å². The smallest absolute Gasteiger partial charge is 0.179 e. The van der Waals surface area contributed by atoms with Gasteiger partial charge in [-0.15, -0.1) is 0 Å². The minimum absolute atomic E-state index is 0.0544. The van der Waals surface area contributed by atoms with Gasteiger partial charge in [-0.1, -0.05) is 27.2 Å². The summed E-state index contributed by atoms with van der Waals surface area (Å²) in [5.74, 6) is -2.50. The van der Waals surface area contributed by atoms with Crippen LogP contribution in [0.2, 0.25) is 0 Å². The second-order valence-corrected chi connectivity index (χ2v) is 10.3. The molecule has 0 aromatic rings. The van der Waals surface area contributed by atoms with Gasteiger partial charge in [0.05, 0.1) is 30.1 Å². The highest BCUT2D eigenvalue weighted by atomic mass is 16.6. The number of aliphatic hydroxyl groups excluding tert-OH is 3. The first kappa shape index (κ1) is 17.3. The van der Waals surface area contributed by atoms with Crippen LogP contribution in [0.15, 0.2) is 0 Å². The minimum atomic E-state index is -1.53. The number of ketones is 2. The van der Waals surface area contributed by atoms with E-state index in [0.29, 0.717) is 6.42 Å². The van der Waals surface area contributed by atoms with Gasteiger partial charge in [-0.05, 0) is 36.0 Å². The van der Waals surface area contributed by atoms with E-state index >= 15 is 0 Å². The third-order valence-corrected chi connectivity index (χ3v) is 8.94. The zero-order chi connectivity index (χ0) is 18.9. The van der Waals surface area contributed by atoms with Crippen LogP contribution in [-0.2, 0) is 14.3 Å². The Morgan fingerprint density at radius 1 is 1.08 bits per heavy atom. The van der Waals surface area contributed by atoms with Crippen molar-refractivity contribution in [1.29, 1.82) is 0 Å². The molecule has 2 spiro atoms. The van der Waals surface area contributed by atoms with E-state index in [1.54, 1.807) is 0 Å². The van der Waals surface area contributed by atoms with Gasteiger partial charge >= 0.3 is 0 Å². The molecule has 0 amide bonds. The maximum absolute atomic E-state index is 13.5. The molecule has 26 heavy (non-hydrogen) atoms. The Balaban J connectivity index is 1.75. The Bertz CT molecular complexity index is 711. The molecule has 0 radical (unpaired) electrons.